The quantitative estimate of drug-likeness (QED) is 0.612. The van der Waals surface area contributed by atoms with E-state index in [1.165, 1.54) is 11.1 Å². The van der Waals surface area contributed by atoms with Crippen molar-refractivity contribution in [3.63, 3.8) is 0 Å². The molecule has 0 spiro atoms. The third-order valence-corrected chi connectivity index (χ3v) is 5.98. The Balaban J connectivity index is 1.32. The van der Waals surface area contributed by atoms with Crippen LogP contribution in [0, 0.1) is 6.92 Å². The summed E-state index contributed by atoms with van der Waals surface area (Å²) < 4.78 is 0. The first kappa shape index (κ1) is 21.3. The van der Waals surface area contributed by atoms with Gasteiger partial charge in [0.2, 0.25) is 0 Å². The van der Waals surface area contributed by atoms with Crippen molar-refractivity contribution in [1.82, 2.24) is 15.2 Å². The van der Waals surface area contributed by atoms with E-state index in [1.54, 1.807) is 0 Å². The highest BCUT2D eigenvalue weighted by molar-refractivity contribution is 6.01. The minimum absolute atomic E-state index is 0.150. The molecule has 1 atom stereocenters. The van der Waals surface area contributed by atoms with Gasteiger partial charge in [0, 0.05) is 48.3 Å². The van der Waals surface area contributed by atoms with E-state index in [9.17, 15) is 4.79 Å². The Morgan fingerprint density at radius 2 is 1.94 bits per heavy atom. The fourth-order valence-electron chi connectivity index (χ4n) is 4.19. The highest BCUT2D eigenvalue weighted by atomic mass is 16.2. The monoisotopic (exact) mass is 416 g/mol. The minimum Gasteiger partial charge on any atom is -0.334 e. The van der Waals surface area contributed by atoms with Crippen molar-refractivity contribution >= 4 is 22.5 Å². The van der Waals surface area contributed by atoms with E-state index in [0.717, 1.165) is 48.2 Å². The molecule has 1 aliphatic rings. The summed E-state index contributed by atoms with van der Waals surface area (Å²) in [4.78, 5) is 19.4. The molecule has 4 rings (SSSR count). The number of fused-ring (bicyclic) bond motifs is 1. The number of urea groups is 1. The lowest BCUT2D eigenvalue weighted by atomic mass is 9.87. The van der Waals surface area contributed by atoms with Gasteiger partial charge < -0.3 is 10.6 Å². The Morgan fingerprint density at radius 1 is 1.16 bits per heavy atom. The lowest BCUT2D eigenvalue weighted by Gasteiger charge is -2.20. The van der Waals surface area contributed by atoms with Crippen molar-refractivity contribution in [3.8, 4) is 0 Å². The van der Waals surface area contributed by atoms with Crippen LogP contribution in [-0.2, 0) is 12.0 Å². The second-order valence-electron chi connectivity index (χ2n) is 9.62. The molecule has 5 heteroatoms. The first-order chi connectivity index (χ1) is 14.8. The SMILES string of the molecule is Cc1cc2c(NC(=O)NC3CCN(Cc4ccc(C(C)(C)C)cc4)C3)cccc2cn1. The molecule has 31 heavy (non-hydrogen) atoms. The summed E-state index contributed by atoms with van der Waals surface area (Å²) >= 11 is 0. The van der Waals surface area contributed by atoms with Crippen molar-refractivity contribution < 1.29 is 4.79 Å². The van der Waals surface area contributed by atoms with E-state index < -0.39 is 0 Å². The van der Waals surface area contributed by atoms with Crippen LogP contribution in [0.4, 0.5) is 10.5 Å². The van der Waals surface area contributed by atoms with Crippen LogP contribution < -0.4 is 10.6 Å². The van der Waals surface area contributed by atoms with Crippen molar-refractivity contribution in [1.29, 1.82) is 0 Å². The van der Waals surface area contributed by atoms with Gasteiger partial charge >= 0.3 is 6.03 Å². The summed E-state index contributed by atoms with van der Waals surface area (Å²) in [5.41, 5.74) is 4.60. The van der Waals surface area contributed by atoms with Gasteiger partial charge in [-0.15, -0.1) is 0 Å². The summed E-state index contributed by atoms with van der Waals surface area (Å²) in [7, 11) is 0. The lowest BCUT2D eigenvalue weighted by molar-refractivity contribution is 0.247. The molecule has 0 aliphatic carbocycles. The zero-order chi connectivity index (χ0) is 22.0. The van der Waals surface area contributed by atoms with Gasteiger partial charge in [0.1, 0.15) is 0 Å². The summed E-state index contributed by atoms with van der Waals surface area (Å²) in [6, 6.07) is 16.8. The molecule has 2 aromatic carbocycles. The second kappa shape index (κ2) is 8.67. The molecular formula is C26H32N4O. The number of benzene rings is 2. The number of nitrogens with one attached hydrogen (secondary N) is 2. The van der Waals surface area contributed by atoms with Gasteiger partial charge in [-0.25, -0.2) is 4.79 Å². The number of hydrogen-bond donors (Lipinski definition) is 2. The van der Waals surface area contributed by atoms with Crippen LogP contribution >= 0.6 is 0 Å². The molecule has 1 unspecified atom stereocenters. The smallest absolute Gasteiger partial charge is 0.319 e. The maximum Gasteiger partial charge on any atom is 0.319 e. The molecule has 5 nitrogen and oxygen atoms in total. The third kappa shape index (κ3) is 5.23. The van der Waals surface area contributed by atoms with Gasteiger partial charge in [0.05, 0.1) is 5.69 Å². The van der Waals surface area contributed by atoms with Gasteiger partial charge in [-0.2, -0.15) is 0 Å². The van der Waals surface area contributed by atoms with Gasteiger partial charge in [-0.05, 0) is 42.0 Å². The Morgan fingerprint density at radius 3 is 2.68 bits per heavy atom. The van der Waals surface area contributed by atoms with Crippen LogP contribution in [0.2, 0.25) is 0 Å². The molecule has 162 valence electrons. The number of pyridine rings is 1. The van der Waals surface area contributed by atoms with Gasteiger partial charge in [-0.3, -0.25) is 9.88 Å². The zero-order valence-corrected chi connectivity index (χ0v) is 18.9. The normalized spacial score (nSPS) is 17.1. The van der Waals surface area contributed by atoms with Gasteiger partial charge in [-0.1, -0.05) is 57.2 Å². The highest BCUT2D eigenvalue weighted by Gasteiger charge is 2.24. The number of carbonyl (C=O) groups excluding carboxylic acids is 1. The fourth-order valence-corrected chi connectivity index (χ4v) is 4.19. The standard InChI is InChI=1S/C26H32N4O/c1-18-14-23-20(15-27-18)6-5-7-24(23)29-25(31)28-22-12-13-30(17-22)16-19-8-10-21(11-9-19)26(2,3)4/h5-11,14-15,22H,12-13,16-17H2,1-4H3,(H2,28,29,31). The predicted molar refractivity (Wildman–Crippen MR) is 127 cm³/mol. The van der Waals surface area contributed by atoms with Crippen LogP contribution in [0.3, 0.4) is 0 Å². The van der Waals surface area contributed by atoms with Gasteiger partial charge in [0.15, 0.2) is 0 Å². The molecule has 0 bridgehead atoms. The van der Waals surface area contributed by atoms with Gasteiger partial charge in [0.25, 0.3) is 0 Å². The number of rotatable bonds is 4. The Bertz CT molecular complexity index is 1070. The maximum atomic E-state index is 12.6. The number of aromatic nitrogens is 1. The van der Waals surface area contributed by atoms with E-state index in [2.05, 4.69) is 65.6 Å². The molecule has 2 heterocycles. The number of likely N-dealkylation sites (tertiary alicyclic amines) is 1. The highest BCUT2D eigenvalue weighted by Crippen LogP contribution is 2.24. The molecule has 0 radical (unpaired) electrons. The Labute approximate surface area is 184 Å². The minimum atomic E-state index is -0.150. The summed E-state index contributed by atoms with van der Waals surface area (Å²) in [5.74, 6) is 0. The molecule has 1 fully saturated rings. The third-order valence-electron chi connectivity index (χ3n) is 5.98. The van der Waals surface area contributed by atoms with E-state index in [-0.39, 0.29) is 17.5 Å². The predicted octanol–water partition coefficient (Wildman–Crippen LogP) is 5.24. The number of hydrogen-bond acceptors (Lipinski definition) is 3. The van der Waals surface area contributed by atoms with Crippen molar-refractivity contribution in [2.45, 2.75) is 52.1 Å². The van der Waals surface area contributed by atoms with Crippen LogP contribution in [-0.4, -0.2) is 35.0 Å². The zero-order valence-electron chi connectivity index (χ0n) is 18.9. The molecule has 0 saturated carbocycles. The van der Waals surface area contributed by atoms with E-state index in [4.69, 9.17) is 0 Å². The topological polar surface area (TPSA) is 57.3 Å². The maximum absolute atomic E-state index is 12.6. The second-order valence-corrected chi connectivity index (χ2v) is 9.62. The molecule has 1 aliphatic heterocycles. The van der Waals surface area contributed by atoms with Crippen molar-refractivity contribution in [3.05, 3.63) is 71.5 Å². The molecule has 1 saturated heterocycles. The first-order valence-corrected chi connectivity index (χ1v) is 11.0. The van der Waals surface area contributed by atoms with E-state index in [0.29, 0.717) is 0 Å². The number of carbonyl (C=O) groups is 1. The first-order valence-electron chi connectivity index (χ1n) is 11.0. The number of amides is 2. The van der Waals surface area contributed by atoms with Crippen molar-refractivity contribution in [2.24, 2.45) is 0 Å². The van der Waals surface area contributed by atoms with E-state index in [1.807, 2.05) is 37.4 Å². The summed E-state index contributed by atoms with van der Waals surface area (Å²) in [6.45, 7) is 11.4. The van der Waals surface area contributed by atoms with Crippen molar-refractivity contribution in [2.75, 3.05) is 18.4 Å². The Hall–Kier alpha value is -2.92. The number of nitrogens with zero attached hydrogens (tertiary/aromatic N) is 2. The average Bonchev–Trinajstić information content (AvgIpc) is 3.14. The average molecular weight is 417 g/mol. The van der Waals surface area contributed by atoms with Crippen LogP contribution in [0.25, 0.3) is 10.8 Å². The molecule has 3 aromatic rings. The van der Waals surface area contributed by atoms with Crippen LogP contribution in [0.5, 0.6) is 0 Å². The molecule has 1 aromatic heterocycles. The van der Waals surface area contributed by atoms with E-state index >= 15 is 0 Å². The Kier molecular flexibility index (Phi) is 5.96. The van der Waals surface area contributed by atoms with Crippen LogP contribution in [0.1, 0.15) is 44.0 Å². The largest absolute Gasteiger partial charge is 0.334 e. The fraction of sp³-hybridized carbons (Fsp3) is 0.385. The molecule has 2 N–H and O–H groups in total. The molecule has 2 amide bonds. The number of aryl methyl sites for hydroxylation is 1. The number of anilines is 1. The lowest BCUT2D eigenvalue weighted by Crippen LogP contribution is -2.39. The van der Waals surface area contributed by atoms with Crippen LogP contribution in [0.15, 0.2) is 54.7 Å². The summed E-state index contributed by atoms with van der Waals surface area (Å²) in [5, 5.41) is 8.20. The molecular weight excluding hydrogens is 384 g/mol. The summed E-state index contributed by atoms with van der Waals surface area (Å²) in [6.07, 6.45) is 2.81.